The van der Waals surface area contributed by atoms with Crippen molar-refractivity contribution in [3.05, 3.63) is 37.8 Å². The summed E-state index contributed by atoms with van der Waals surface area (Å²) in [4.78, 5) is 4.25. The van der Waals surface area contributed by atoms with E-state index >= 15 is 0 Å². The first-order valence-electron chi connectivity index (χ1n) is 3.73. The molecule has 2 aromatic rings. The number of hydrogen-bond donors (Lipinski definition) is 0. The minimum atomic E-state index is -0.255. The van der Waals surface area contributed by atoms with Crippen LogP contribution in [-0.4, -0.2) is 4.98 Å². The summed E-state index contributed by atoms with van der Waals surface area (Å²) >= 11 is 8.09. The van der Waals surface area contributed by atoms with E-state index in [9.17, 15) is 4.39 Å². The second-order valence-electron chi connectivity index (χ2n) is 2.61. The topological polar surface area (TPSA) is 12.9 Å². The summed E-state index contributed by atoms with van der Waals surface area (Å²) in [6.07, 6.45) is 0. The molecule has 5 heteroatoms. The second kappa shape index (κ2) is 4.08. The number of halogens is 3. The molecule has 0 N–H and O–H groups in total. The van der Waals surface area contributed by atoms with Crippen molar-refractivity contribution in [2.45, 2.75) is 0 Å². The monoisotopic (exact) mass is 335 g/mol. The van der Waals surface area contributed by atoms with Gasteiger partial charge in [-0.2, -0.15) is 0 Å². The SMILES string of the molecule is Fc1ccc(-c2csc(Br)n2)c(Br)c1. The molecule has 1 nitrogen and oxygen atoms in total. The van der Waals surface area contributed by atoms with Crippen LogP contribution in [0.25, 0.3) is 11.3 Å². The molecule has 1 heterocycles. The highest BCUT2D eigenvalue weighted by molar-refractivity contribution is 9.11. The molecule has 0 bridgehead atoms. The quantitative estimate of drug-likeness (QED) is 0.748. The van der Waals surface area contributed by atoms with Gasteiger partial charge in [-0.25, -0.2) is 9.37 Å². The summed E-state index contributed by atoms with van der Waals surface area (Å²) in [5.41, 5.74) is 1.74. The molecule has 72 valence electrons. The first-order chi connectivity index (χ1) is 6.66. The molecule has 0 saturated carbocycles. The Kier molecular flexibility index (Phi) is 2.99. The summed E-state index contributed by atoms with van der Waals surface area (Å²) < 4.78 is 14.4. The molecular formula is C9H4Br2FNS. The minimum Gasteiger partial charge on any atom is -0.229 e. The molecule has 0 amide bonds. The number of aromatic nitrogens is 1. The van der Waals surface area contributed by atoms with Crippen molar-refractivity contribution in [2.75, 3.05) is 0 Å². The maximum atomic E-state index is 12.8. The van der Waals surface area contributed by atoms with E-state index in [4.69, 9.17) is 0 Å². The van der Waals surface area contributed by atoms with E-state index in [1.807, 2.05) is 5.38 Å². The maximum absolute atomic E-state index is 12.8. The molecule has 0 atom stereocenters. The van der Waals surface area contributed by atoms with Gasteiger partial charge in [0.05, 0.1) is 5.69 Å². The second-order valence-corrected chi connectivity index (χ2v) is 5.60. The van der Waals surface area contributed by atoms with Crippen LogP contribution in [-0.2, 0) is 0 Å². The van der Waals surface area contributed by atoms with E-state index in [1.165, 1.54) is 23.5 Å². The molecule has 0 unspecified atom stereocenters. The molecule has 0 fully saturated rings. The van der Waals surface area contributed by atoms with E-state index in [1.54, 1.807) is 6.07 Å². The van der Waals surface area contributed by atoms with E-state index in [2.05, 4.69) is 36.8 Å². The molecule has 2 rings (SSSR count). The van der Waals surface area contributed by atoms with Gasteiger partial charge in [-0.1, -0.05) is 0 Å². The van der Waals surface area contributed by atoms with Gasteiger partial charge < -0.3 is 0 Å². The largest absolute Gasteiger partial charge is 0.229 e. The fourth-order valence-corrected chi connectivity index (χ4v) is 2.64. The van der Waals surface area contributed by atoms with Crippen LogP contribution in [0.5, 0.6) is 0 Å². The Morgan fingerprint density at radius 1 is 1.29 bits per heavy atom. The number of benzene rings is 1. The summed E-state index contributed by atoms with van der Waals surface area (Å²) in [6, 6.07) is 4.57. The van der Waals surface area contributed by atoms with Gasteiger partial charge in [0.1, 0.15) is 5.82 Å². The van der Waals surface area contributed by atoms with Gasteiger partial charge in [0.25, 0.3) is 0 Å². The first-order valence-corrected chi connectivity index (χ1v) is 6.20. The third-order valence-electron chi connectivity index (χ3n) is 1.68. The fourth-order valence-electron chi connectivity index (χ4n) is 1.07. The molecule has 1 aromatic heterocycles. The molecule has 0 aliphatic carbocycles. The molecular weight excluding hydrogens is 333 g/mol. The average Bonchev–Trinajstić information content (AvgIpc) is 2.51. The maximum Gasteiger partial charge on any atom is 0.159 e. The van der Waals surface area contributed by atoms with Gasteiger partial charge in [-0.3, -0.25) is 0 Å². The van der Waals surface area contributed by atoms with Gasteiger partial charge in [0.2, 0.25) is 0 Å². The molecule has 1 aromatic carbocycles. The molecule has 0 aliphatic rings. The number of nitrogens with zero attached hydrogens (tertiary/aromatic N) is 1. The van der Waals surface area contributed by atoms with Crippen molar-refractivity contribution in [3.8, 4) is 11.3 Å². The Hall–Kier alpha value is -0.260. The summed E-state index contributed by atoms with van der Waals surface area (Å²) in [7, 11) is 0. The van der Waals surface area contributed by atoms with Crippen LogP contribution in [0.3, 0.4) is 0 Å². The third kappa shape index (κ3) is 2.04. The lowest BCUT2D eigenvalue weighted by Crippen LogP contribution is -1.81. The van der Waals surface area contributed by atoms with Crippen LogP contribution in [0, 0.1) is 5.82 Å². The number of rotatable bonds is 1. The number of thiazole rings is 1. The summed E-state index contributed by atoms with van der Waals surface area (Å²) in [5, 5.41) is 1.92. The third-order valence-corrected chi connectivity index (χ3v) is 3.70. The Labute approximate surface area is 101 Å². The van der Waals surface area contributed by atoms with Crippen LogP contribution < -0.4 is 0 Å². The number of hydrogen-bond acceptors (Lipinski definition) is 2. The smallest absolute Gasteiger partial charge is 0.159 e. The van der Waals surface area contributed by atoms with Gasteiger partial charge in [0, 0.05) is 15.4 Å². The Bertz CT molecular complexity index is 470. The molecule has 0 aliphatic heterocycles. The van der Waals surface area contributed by atoms with E-state index < -0.39 is 0 Å². The van der Waals surface area contributed by atoms with Gasteiger partial charge in [-0.15, -0.1) is 11.3 Å². The van der Waals surface area contributed by atoms with E-state index in [0.29, 0.717) is 0 Å². The van der Waals surface area contributed by atoms with E-state index in [-0.39, 0.29) is 5.82 Å². The zero-order valence-electron chi connectivity index (χ0n) is 6.80. The lowest BCUT2D eigenvalue weighted by Gasteiger charge is -1.99. The van der Waals surface area contributed by atoms with E-state index in [0.717, 1.165) is 19.6 Å². The standard InChI is InChI=1S/C9H4Br2FNS/c10-7-3-5(12)1-2-6(7)8-4-14-9(11)13-8/h1-4H. The lowest BCUT2D eigenvalue weighted by atomic mass is 10.2. The zero-order valence-corrected chi connectivity index (χ0v) is 10.8. The van der Waals surface area contributed by atoms with Crippen molar-refractivity contribution >= 4 is 43.2 Å². The average molecular weight is 337 g/mol. The predicted molar refractivity (Wildman–Crippen MR) is 62.9 cm³/mol. The van der Waals surface area contributed by atoms with Gasteiger partial charge >= 0.3 is 0 Å². The van der Waals surface area contributed by atoms with Gasteiger partial charge in [0.15, 0.2) is 3.92 Å². The summed E-state index contributed by atoms with van der Waals surface area (Å²) in [6.45, 7) is 0. The molecule has 0 saturated heterocycles. The van der Waals surface area contributed by atoms with Gasteiger partial charge in [-0.05, 0) is 50.1 Å². The van der Waals surface area contributed by atoms with Crippen LogP contribution in [0.1, 0.15) is 0 Å². The molecule has 14 heavy (non-hydrogen) atoms. The van der Waals surface area contributed by atoms with Crippen LogP contribution in [0.4, 0.5) is 4.39 Å². The van der Waals surface area contributed by atoms with Crippen molar-refractivity contribution < 1.29 is 4.39 Å². The van der Waals surface area contributed by atoms with Crippen molar-refractivity contribution in [1.82, 2.24) is 4.98 Å². The molecule has 0 radical (unpaired) electrons. The fraction of sp³-hybridized carbons (Fsp3) is 0. The highest BCUT2D eigenvalue weighted by atomic mass is 79.9. The van der Waals surface area contributed by atoms with Crippen LogP contribution >= 0.6 is 43.2 Å². The summed E-state index contributed by atoms with van der Waals surface area (Å²) in [5.74, 6) is -0.255. The van der Waals surface area contributed by atoms with Crippen LogP contribution in [0.2, 0.25) is 0 Å². The van der Waals surface area contributed by atoms with Crippen molar-refractivity contribution in [2.24, 2.45) is 0 Å². The van der Waals surface area contributed by atoms with Crippen LogP contribution in [0.15, 0.2) is 32.0 Å². The highest BCUT2D eigenvalue weighted by Crippen LogP contribution is 2.31. The van der Waals surface area contributed by atoms with Crippen molar-refractivity contribution in [3.63, 3.8) is 0 Å². The lowest BCUT2D eigenvalue weighted by molar-refractivity contribution is 0.627. The zero-order chi connectivity index (χ0) is 10.1. The Morgan fingerprint density at radius 3 is 2.64 bits per heavy atom. The Balaban J connectivity index is 2.52. The minimum absolute atomic E-state index is 0.255. The van der Waals surface area contributed by atoms with Crippen molar-refractivity contribution in [1.29, 1.82) is 0 Å². The first kappa shape index (κ1) is 10.3. The normalized spacial score (nSPS) is 10.5. The highest BCUT2D eigenvalue weighted by Gasteiger charge is 2.07. The molecule has 0 spiro atoms. The Morgan fingerprint density at radius 2 is 2.07 bits per heavy atom. The predicted octanol–water partition coefficient (Wildman–Crippen LogP) is 4.47.